The summed E-state index contributed by atoms with van der Waals surface area (Å²) in [5.74, 6) is -0.00638. The average Bonchev–Trinajstić information content (AvgIpc) is 3.28. The van der Waals surface area contributed by atoms with Gasteiger partial charge in [0.1, 0.15) is 22.7 Å². The van der Waals surface area contributed by atoms with Crippen LogP contribution in [0, 0.1) is 5.82 Å². The summed E-state index contributed by atoms with van der Waals surface area (Å²) in [7, 11) is 0. The van der Waals surface area contributed by atoms with Gasteiger partial charge >= 0.3 is 6.36 Å². The molecule has 1 saturated carbocycles. The van der Waals surface area contributed by atoms with E-state index in [0.29, 0.717) is 27.3 Å². The number of nitrogens with zero attached hydrogens (tertiary/aromatic N) is 4. The number of anilines is 1. The normalized spacial score (nSPS) is 21.6. The molecule has 5 aromatic rings. The van der Waals surface area contributed by atoms with Crippen LogP contribution in [0.1, 0.15) is 55.8 Å². The summed E-state index contributed by atoms with van der Waals surface area (Å²) in [5.41, 5.74) is 1.90. The van der Waals surface area contributed by atoms with Gasteiger partial charge in [-0.2, -0.15) is 0 Å². The molecule has 1 aliphatic carbocycles. The smallest absolute Gasteiger partial charge is 0.491 e. The van der Waals surface area contributed by atoms with Crippen molar-refractivity contribution in [3.05, 3.63) is 59.6 Å². The van der Waals surface area contributed by atoms with Gasteiger partial charge in [-0.3, -0.25) is 0 Å². The van der Waals surface area contributed by atoms with Gasteiger partial charge in [0.25, 0.3) is 5.88 Å². The van der Waals surface area contributed by atoms with E-state index >= 15 is 4.39 Å². The highest BCUT2D eigenvalue weighted by molar-refractivity contribution is 7.22. The number of alkyl halides is 3. The number of piperidine rings is 1. The van der Waals surface area contributed by atoms with Gasteiger partial charge in [0, 0.05) is 40.8 Å². The first-order chi connectivity index (χ1) is 21.7. The maximum atomic E-state index is 15.1. The highest BCUT2D eigenvalue weighted by Crippen LogP contribution is 2.47. The Morgan fingerprint density at radius 2 is 1.78 bits per heavy atom. The van der Waals surface area contributed by atoms with Crippen molar-refractivity contribution in [1.29, 1.82) is 0 Å². The van der Waals surface area contributed by atoms with Crippen molar-refractivity contribution >= 4 is 26.7 Å². The standard InChI is InChI=1S/C31H26F4N4O5S/c32-22-9-16(24-13-26(40)37-43-24)10-25-28(22)36-30(45-25)39-17-7-8-18(39)12-19(11-17)41-14-21-27(38-44-29(21)15-5-6-15)20-3-1-2-4-23(20)42-31(33,34)35/h1-4,9-10,13,15,17-19H,5-8,11-12,14H2,(H,37,40). The molecule has 1 N–H and O–H groups in total. The molecule has 2 aliphatic heterocycles. The Kier molecular flexibility index (Phi) is 6.75. The molecule has 3 aliphatic rings. The third kappa shape index (κ3) is 5.39. The molecule has 2 aromatic carbocycles. The van der Waals surface area contributed by atoms with Crippen LogP contribution >= 0.6 is 11.3 Å². The van der Waals surface area contributed by atoms with Crippen LogP contribution in [0.2, 0.25) is 0 Å². The second-order valence-corrected chi connectivity index (χ2v) is 12.7. The van der Waals surface area contributed by atoms with Gasteiger partial charge in [-0.1, -0.05) is 28.6 Å². The van der Waals surface area contributed by atoms with E-state index in [9.17, 15) is 18.3 Å². The van der Waals surface area contributed by atoms with Crippen LogP contribution in [0.15, 0.2) is 51.5 Å². The monoisotopic (exact) mass is 642 g/mol. The van der Waals surface area contributed by atoms with E-state index < -0.39 is 12.2 Å². The molecule has 14 heteroatoms. The van der Waals surface area contributed by atoms with Crippen LogP contribution in [0.3, 0.4) is 0 Å². The Hall–Kier alpha value is -4.17. The Morgan fingerprint density at radius 1 is 1.00 bits per heavy atom. The number of benzene rings is 2. The van der Waals surface area contributed by atoms with Crippen molar-refractivity contribution in [3.8, 4) is 34.2 Å². The number of ether oxygens (including phenoxy) is 2. The molecular formula is C31H26F4N4O5S. The van der Waals surface area contributed by atoms with Crippen LogP contribution in [0.4, 0.5) is 22.7 Å². The second kappa shape index (κ2) is 10.7. The van der Waals surface area contributed by atoms with Crippen LogP contribution < -0.4 is 9.64 Å². The Labute approximate surface area is 257 Å². The number of fused-ring (bicyclic) bond motifs is 3. The average molecular weight is 643 g/mol. The summed E-state index contributed by atoms with van der Waals surface area (Å²) in [4.78, 5) is 6.94. The summed E-state index contributed by atoms with van der Waals surface area (Å²) in [5, 5.41) is 17.9. The summed E-state index contributed by atoms with van der Waals surface area (Å²) in [6.45, 7) is 0.154. The molecule has 0 spiro atoms. The molecule has 2 saturated heterocycles. The molecule has 0 radical (unpaired) electrons. The van der Waals surface area contributed by atoms with Crippen molar-refractivity contribution in [2.75, 3.05) is 4.90 Å². The van der Waals surface area contributed by atoms with E-state index in [1.54, 1.807) is 12.1 Å². The van der Waals surface area contributed by atoms with E-state index in [4.69, 9.17) is 13.8 Å². The van der Waals surface area contributed by atoms with Crippen molar-refractivity contribution in [2.24, 2.45) is 0 Å². The number of rotatable bonds is 8. The molecular weight excluding hydrogens is 616 g/mol. The molecule has 8 rings (SSSR count). The van der Waals surface area contributed by atoms with E-state index in [-0.39, 0.29) is 59.2 Å². The number of aromatic hydroxyl groups is 1. The summed E-state index contributed by atoms with van der Waals surface area (Å²) < 4.78 is 76.7. The van der Waals surface area contributed by atoms with Gasteiger partial charge in [-0.25, -0.2) is 9.37 Å². The van der Waals surface area contributed by atoms with Crippen LogP contribution in [-0.4, -0.2) is 45.0 Å². The highest BCUT2D eigenvalue weighted by atomic mass is 32.1. The van der Waals surface area contributed by atoms with E-state index in [0.717, 1.165) is 43.7 Å². The largest absolute Gasteiger partial charge is 0.573 e. The molecule has 45 heavy (non-hydrogen) atoms. The Bertz CT molecular complexity index is 1870. The minimum absolute atomic E-state index is 0.0907. The zero-order valence-electron chi connectivity index (χ0n) is 23.6. The molecule has 2 atom stereocenters. The van der Waals surface area contributed by atoms with Gasteiger partial charge in [0.05, 0.1) is 17.4 Å². The van der Waals surface area contributed by atoms with Crippen molar-refractivity contribution in [1.82, 2.24) is 15.3 Å². The molecule has 5 heterocycles. The van der Waals surface area contributed by atoms with Gasteiger partial charge in [0.15, 0.2) is 16.7 Å². The third-order valence-electron chi connectivity index (χ3n) is 8.73. The maximum Gasteiger partial charge on any atom is 0.573 e. The van der Waals surface area contributed by atoms with E-state index in [1.165, 1.54) is 41.7 Å². The van der Waals surface area contributed by atoms with Gasteiger partial charge in [0.2, 0.25) is 0 Å². The number of halogens is 4. The topological polar surface area (TPSA) is 107 Å². The minimum Gasteiger partial charge on any atom is -0.491 e. The SMILES string of the molecule is Oc1cc(-c2cc(F)c3nc(N4C5CCC4CC(OCc4c(-c6ccccc6OC(F)(F)F)noc4C4CC4)C5)sc3c2)on1. The van der Waals surface area contributed by atoms with Crippen molar-refractivity contribution in [2.45, 2.75) is 75.6 Å². The first kappa shape index (κ1) is 28.3. The number of aromatic nitrogens is 3. The molecule has 2 unspecified atom stereocenters. The molecule has 9 nitrogen and oxygen atoms in total. The Balaban J connectivity index is 1.01. The Morgan fingerprint density at radius 3 is 2.49 bits per heavy atom. The minimum atomic E-state index is -4.85. The zero-order chi connectivity index (χ0) is 30.9. The lowest BCUT2D eigenvalue weighted by Gasteiger charge is -2.38. The lowest BCUT2D eigenvalue weighted by molar-refractivity contribution is -0.274. The fourth-order valence-electron chi connectivity index (χ4n) is 6.62. The number of hydrogen-bond donors (Lipinski definition) is 1. The van der Waals surface area contributed by atoms with Crippen LogP contribution in [0.5, 0.6) is 11.6 Å². The highest BCUT2D eigenvalue weighted by Gasteiger charge is 2.43. The maximum absolute atomic E-state index is 15.1. The first-order valence-electron chi connectivity index (χ1n) is 14.7. The second-order valence-electron chi connectivity index (χ2n) is 11.7. The summed E-state index contributed by atoms with van der Waals surface area (Å²) >= 11 is 1.41. The fraction of sp³-hybridized carbons (Fsp3) is 0.387. The van der Waals surface area contributed by atoms with E-state index in [2.05, 4.69) is 24.9 Å². The lowest BCUT2D eigenvalue weighted by atomic mass is 10.00. The zero-order valence-corrected chi connectivity index (χ0v) is 24.4. The number of hydrogen-bond acceptors (Lipinski definition) is 10. The third-order valence-corrected chi connectivity index (χ3v) is 9.74. The van der Waals surface area contributed by atoms with Crippen molar-refractivity contribution in [3.63, 3.8) is 0 Å². The predicted octanol–water partition coefficient (Wildman–Crippen LogP) is 7.94. The summed E-state index contributed by atoms with van der Waals surface area (Å²) in [6, 6.07) is 10.6. The van der Waals surface area contributed by atoms with Gasteiger partial charge in [-0.05, 0) is 67.9 Å². The van der Waals surface area contributed by atoms with Crippen molar-refractivity contribution < 1.29 is 41.2 Å². The van der Waals surface area contributed by atoms with Gasteiger partial charge in [-0.15, -0.1) is 13.2 Å². The molecule has 0 amide bonds. The number of para-hydroxylation sites is 1. The molecule has 3 aromatic heterocycles. The lowest BCUT2D eigenvalue weighted by Crippen LogP contribution is -2.45. The molecule has 234 valence electrons. The van der Waals surface area contributed by atoms with Crippen LogP contribution in [-0.2, 0) is 11.3 Å². The molecule has 2 bridgehead atoms. The van der Waals surface area contributed by atoms with E-state index in [1.807, 2.05) is 0 Å². The molecule has 3 fully saturated rings. The first-order valence-corrected chi connectivity index (χ1v) is 15.5. The van der Waals surface area contributed by atoms with Crippen LogP contribution in [0.25, 0.3) is 32.8 Å². The predicted molar refractivity (Wildman–Crippen MR) is 154 cm³/mol. The van der Waals surface area contributed by atoms with Gasteiger partial charge < -0.3 is 28.5 Å². The fourth-order valence-corrected chi connectivity index (χ4v) is 7.79. The quantitative estimate of drug-likeness (QED) is 0.169. The summed E-state index contributed by atoms with van der Waals surface area (Å²) in [6.07, 6.45) is 0.258. The number of thiazole rings is 1.